The van der Waals surface area contributed by atoms with Crippen LogP contribution in [-0.2, 0) is 11.3 Å². The summed E-state index contributed by atoms with van der Waals surface area (Å²) in [5.74, 6) is -0.0297. The summed E-state index contributed by atoms with van der Waals surface area (Å²) in [5, 5.41) is 26.6. The number of aromatic nitrogens is 3. The van der Waals surface area contributed by atoms with E-state index in [1.165, 1.54) is 36.0 Å². The highest BCUT2D eigenvalue weighted by Crippen LogP contribution is 2.26. The summed E-state index contributed by atoms with van der Waals surface area (Å²) >= 11 is 7.22. The number of hydrogen-bond acceptors (Lipinski definition) is 7. The molecule has 3 rings (SSSR count). The van der Waals surface area contributed by atoms with E-state index < -0.39 is 16.9 Å². The molecule has 3 aromatic rings. The van der Waals surface area contributed by atoms with Crippen LogP contribution in [0.15, 0.2) is 47.6 Å². The predicted octanol–water partition coefficient (Wildman–Crippen LogP) is 5.03. The van der Waals surface area contributed by atoms with Gasteiger partial charge < -0.3 is 15.2 Å². The fourth-order valence-corrected chi connectivity index (χ4v) is 4.57. The number of anilines is 1. The van der Waals surface area contributed by atoms with Crippen LogP contribution in [-0.4, -0.2) is 37.3 Å². The topological polar surface area (TPSA) is 132 Å². The molecule has 10 nitrogen and oxygen atoms in total. The second-order valence-corrected chi connectivity index (χ2v) is 9.76. The van der Waals surface area contributed by atoms with Crippen molar-refractivity contribution in [1.82, 2.24) is 20.1 Å². The van der Waals surface area contributed by atoms with Crippen LogP contribution >= 0.6 is 23.4 Å². The molecule has 0 spiro atoms. The van der Waals surface area contributed by atoms with E-state index in [0.29, 0.717) is 28.2 Å². The van der Waals surface area contributed by atoms with Crippen molar-refractivity contribution in [2.24, 2.45) is 5.92 Å². The molecule has 2 amide bonds. The molecule has 12 heteroatoms. The highest BCUT2D eigenvalue weighted by Gasteiger charge is 2.26. The van der Waals surface area contributed by atoms with E-state index in [9.17, 15) is 19.7 Å². The van der Waals surface area contributed by atoms with Crippen LogP contribution in [0.3, 0.4) is 0 Å². The number of carbonyl (C=O) groups excluding carboxylic acids is 2. The Morgan fingerprint density at radius 2 is 1.94 bits per heavy atom. The number of carbonyl (C=O) groups is 2. The Balaban J connectivity index is 1.73. The van der Waals surface area contributed by atoms with Crippen LogP contribution in [0.2, 0.25) is 5.02 Å². The monoisotopic (exact) mass is 530 g/mol. The molecule has 0 aliphatic carbocycles. The van der Waals surface area contributed by atoms with Crippen molar-refractivity contribution in [3.05, 3.63) is 74.6 Å². The lowest BCUT2D eigenvalue weighted by Gasteiger charge is -2.22. The van der Waals surface area contributed by atoms with Gasteiger partial charge in [0.15, 0.2) is 11.0 Å². The normalized spacial score (nSPS) is 11.8. The Hall–Kier alpha value is -3.44. The van der Waals surface area contributed by atoms with E-state index in [1.54, 1.807) is 18.2 Å². The van der Waals surface area contributed by atoms with Crippen LogP contribution in [0.25, 0.3) is 0 Å². The van der Waals surface area contributed by atoms with Gasteiger partial charge in [-0.15, -0.1) is 10.2 Å². The van der Waals surface area contributed by atoms with Crippen molar-refractivity contribution in [3.63, 3.8) is 0 Å². The summed E-state index contributed by atoms with van der Waals surface area (Å²) in [4.78, 5) is 35.9. The fourth-order valence-electron chi connectivity index (χ4n) is 3.53. The number of rotatable bonds is 10. The number of hydrogen-bond donors (Lipinski definition) is 2. The van der Waals surface area contributed by atoms with Crippen LogP contribution in [0.4, 0.5) is 11.4 Å². The fraction of sp³-hybridized carbons (Fsp3) is 0.333. The van der Waals surface area contributed by atoms with Crippen molar-refractivity contribution < 1.29 is 14.5 Å². The lowest BCUT2D eigenvalue weighted by Crippen LogP contribution is -2.33. The van der Waals surface area contributed by atoms with Crippen molar-refractivity contribution in [2.45, 2.75) is 45.4 Å². The van der Waals surface area contributed by atoms with Gasteiger partial charge in [-0.2, -0.15) is 0 Å². The molecule has 2 N–H and O–H groups in total. The van der Waals surface area contributed by atoms with E-state index in [1.807, 2.05) is 32.3 Å². The summed E-state index contributed by atoms with van der Waals surface area (Å²) < 4.78 is 1.85. The van der Waals surface area contributed by atoms with Crippen LogP contribution in [0.1, 0.15) is 48.6 Å². The van der Waals surface area contributed by atoms with Gasteiger partial charge in [0, 0.05) is 35.0 Å². The molecular weight excluding hydrogens is 504 g/mol. The third-order valence-corrected chi connectivity index (χ3v) is 6.61. The Kier molecular flexibility index (Phi) is 9.05. The van der Waals surface area contributed by atoms with Gasteiger partial charge in [-0.05, 0) is 49.6 Å². The van der Waals surface area contributed by atoms with Crippen molar-refractivity contribution in [1.29, 1.82) is 0 Å². The Morgan fingerprint density at radius 1 is 1.19 bits per heavy atom. The molecule has 1 atom stereocenters. The van der Waals surface area contributed by atoms with Crippen LogP contribution < -0.4 is 10.6 Å². The summed E-state index contributed by atoms with van der Waals surface area (Å²) in [7, 11) is 0. The van der Waals surface area contributed by atoms with E-state index in [0.717, 1.165) is 5.56 Å². The number of non-ortho nitro benzene ring substituents is 1. The van der Waals surface area contributed by atoms with Crippen molar-refractivity contribution in [2.75, 3.05) is 11.1 Å². The SMILES string of the molecule is CCn1c(SCC(=O)Nc2ccc(Cl)cc2C)nnc1[C@@H](NC(=O)c1cccc([N+](=O)[O-])c1)C(C)C. The average molecular weight is 531 g/mol. The summed E-state index contributed by atoms with van der Waals surface area (Å²) in [6, 6.07) is 10.3. The molecule has 36 heavy (non-hydrogen) atoms. The smallest absolute Gasteiger partial charge is 0.270 e. The van der Waals surface area contributed by atoms with Gasteiger partial charge in [0.2, 0.25) is 5.91 Å². The first kappa shape index (κ1) is 27.2. The maximum absolute atomic E-state index is 12.9. The second kappa shape index (κ2) is 12.0. The number of benzene rings is 2. The lowest BCUT2D eigenvalue weighted by molar-refractivity contribution is -0.384. The maximum Gasteiger partial charge on any atom is 0.270 e. The third-order valence-electron chi connectivity index (χ3n) is 5.41. The van der Waals surface area contributed by atoms with Gasteiger partial charge in [0.05, 0.1) is 16.7 Å². The Labute approximate surface area is 218 Å². The molecule has 1 heterocycles. The molecule has 0 radical (unpaired) electrons. The zero-order valence-corrected chi connectivity index (χ0v) is 21.9. The molecule has 0 aliphatic rings. The van der Waals surface area contributed by atoms with Gasteiger partial charge in [0.25, 0.3) is 11.6 Å². The second-order valence-electron chi connectivity index (χ2n) is 8.38. The van der Waals surface area contributed by atoms with Crippen LogP contribution in [0, 0.1) is 23.0 Å². The predicted molar refractivity (Wildman–Crippen MR) is 139 cm³/mol. The first-order valence-electron chi connectivity index (χ1n) is 11.3. The number of thioether (sulfide) groups is 1. The molecule has 1 aromatic heterocycles. The highest BCUT2D eigenvalue weighted by molar-refractivity contribution is 7.99. The van der Waals surface area contributed by atoms with Crippen molar-refractivity contribution >= 4 is 46.6 Å². The first-order valence-corrected chi connectivity index (χ1v) is 12.6. The van der Waals surface area contributed by atoms with Gasteiger partial charge in [-0.25, -0.2) is 0 Å². The number of nitro groups is 1. The van der Waals surface area contributed by atoms with E-state index in [4.69, 9.17) is 11.6 Å². The van der Waals surface area contributed by atoms with Gasteiger partial charge in [-0.1, -0.05) is 43.3 Å². The van der Waals surface area contributed by atoms with Gasteiger partial charge in [0.1, 0.15) is 0 Å². The van der Waals surface area contributed by atoms with E-state index in [2.05, 4.69) is 20.8 Å². The Bertz CT molecular complexity index is 1280. The number of aryl methyl sites for hydroxylation is 1. The minimum absolute atomic E-state index is 0.0452. The quantitative estimate of drug-likeness (QED) is 0.213. The zero-order valence-electron chi connectivity index (χ0n) is 20.3. The molecule has 190 valence electrons. The molecule has 0 unspecified atom stereocenters. The number of halogens is 1. The summed E-state index contributed by atoms with van der Waals surface area (Å²) in [6.45, 7) is 8.18. The van der Waals surface area contributed by atoms with Gasteiger partial charge in [-0.3, -0.25) is 19.7 Å². The minimum Gasteiger partial charge on any atom is -0.342 e. The molecule has 0 bridgehead atoms. The summed E-state index contributed by atoms with van der Waals surface area (Å²) in [6.07, 6.45) is 0. The average Bonchev–Trinajstić information content (AvgIpc) is 3.25. The molecule has 0 saturated carbocycles. The number of amides is 2. The molecule has 0 aliphatic heterocycles. The molecule has 2 aromatic carbocycles. The summed E-state index contributed by atoms with van der Waals surface area (Å²) in [5.41, 5.74) is 1.57. The Morgan fingerprint density at radius 3 is 2.58 bits per heavy atom. The highest BCUT2D eigenvalue weighted by atomic mass is 35.5. The first-order chi connectivity index (χ1) is 17.1. The number of nitro benzene ring substituents is 1. The third kappa shape index (κ3) is 6.61. The lowest BCUT2D eigenvalue weighted by atomic mass is 10.0. The number of nitrogens with zero attached hydrogens (tertiary/aromatic N) is 4. The van der Waals surface area contributed by atoms with Crippen molar-refractivity contribution in [3.8, 4) is 0 Å². The zero-order chi connectivity index (χ0) is 26.4. The molecule has 0 fully saturated rings. The van der Waals surface area contributed by atoms with E-state index >= 15 is 0 Å². The van der Waals surface area contributed by atoms with E-state index in [-0.39, 0.29) is 28.8 Å². The standard InChI is InChI=1S/C24H27ClN6O4S/c1-5-30-22(21(14(2)3)27-23(33)16-7-6-8-18(12-16)31(34)35)28-29-24(30)36-13-20(32)26-19-10-9-17(25)11-15(19)4/h6-12,14,21H,5,13H2,1-4H3,(H,26,32)(H,27,33)/t21-/m0/s1. The molecule has 0 saturated heterocycles. The minimum atomic E-state index is -0.543. The molecular formula is C24H27ClN6O4S. The maximum atomic E-state index is 12.9. The van der Waals surface area contributed by atoms with Gasteiger partial charge >= 0.3 is 0 Å². The largest absolute Gasteiger partial charge is 0.342 e. The number of nitrogens with one attached hydrogen (secondary N) is 2. The van der Waals surface area contributed by atoms with Crippen LogP contribution in [0.5, 0.6) is 0 Å².